The van der Waals surface area contributed by atoms with Crippen LogP contribution in [0.15, 0.2) is 12.1 Å². The molecule has 2 aromatic carbocycles. The molecule has 3 heteroatoms. The van der Waals surface area contributed by atoms with Crippen molar-refractivity contribution in [3.63, 3.8) is 0 Å². The summed E-state index contributed by atoms with van der Waals surface area (Å²) in [6.45, 7) is 8.38. The molecule has 3 nitrogen and oxygen atoms in total. The Morgan fingerprint density at radius 2 is 1.10 bits per heavy atom. The fourth-order valence-corrected chi connectivity index (χ4v) is 3.43. The molecule has 0 amide bonds. The first-order valence-electron chi connectivity index (χ1n) is 7.13. The Labute approximate surface area is 124 Å². The van der Waals surface area contributed by atoms with Gasteiger partial charge in [0, 0.05) is 21.9 Å². The van der Waals surface area contributed by atoms with E-state index in [4.69, 9.17) is 9.47 Å². The molecule has 1 N–H and O–H groups in total. The number of hydrogen-bond acceptors (Lipinski definition) is 2. The van der Waals surface area contributed by atoms with E-state index in [9.17, 15) is 0 Å². The van der Waals surface area contributed by atoms with E-state index >= 15 is 0 Å². The molecule has 0 spiro atoms. The molecule has 110 valence electrons. The number of aromatic nitrogens is 1. The summed E-state index contributed by atoms with van der Waals surface area (Å²) >= 11 is 0. The Hall–Kier alpha value is -2.16. The van der Waals surface area contributed by atoms with Gasteiger partial charge in [0.2, 0.25) is 0 Å². The summed E-state index contributed by atoms with van der Waals surface area (Å²) in [7, 11) is 3.45. The molecule has 0 aliphatic carbocycles. The van der Waals surface area contributed by atoms with Gasteiger partial charge in [-0.3, -0.25) is 0 Å². The van der Waals surface area contributed by atoms with Gasteiger partial charge in [0.05, 0.1) is 25.3 Å². The Morgan fingerprint density at radius 1 is 0.714 bits per heavy atom. The van der Waals surface area contributed by atoms with Crippen molar-refractivity contribution in [1.29, 1.82) is 0 Å². The Bertz CT molecular complexity index is 789. The number of methoxy groups -OCH3 is 2. The predicted molar refractivity (Wildman–Crippen MR) is 87.9 cm³/mol. The number of fused-ring (bicyclic) bond motifs is 3. The van der Waals surface area contributed by atoms with Gasteiger partial charge in [-0.1, -0.05) is 0 Å². The molecular weight excluding hydrogens is 262 g/mol. The fourth-order valence-electron chi connectivity index (χ4n) is 3.43. The third-order valence-corrected chi connectivity index (χ3v) is 4.36. The summed E-state index contributed by atoms with van der Waals surface area (Å²) < 4.78 is 11.1. The maximum Gasteiger partial charge on any atom is 0.126 e. The zero-order valence-electron chi connectivity index (χ0n) is 13.5. The minimum absolute atomic E-state index is 0.954. The van der Waals surface area contributed by atoms with Crippen molar-refractivity contribution in [2.75, 3.05) is 14.2 Å². The molecule has 1 heterocycles. The lowest BCUT2D eigenvalue weighted by atomic mass is 10.0. The van der Waals surface area contributed by atoms with Gasteiger partial charge in [0.1, 0.15) is 11.5 Å². The van der Waals surface area contributed by atoms with Crippen molar-refractivity contribution in [2.45, 2.75) is 27.7 Å². The molecule has 0 atom stereocenters. The van der Waals surface area contributed by atoms with Gasteiger partial charge in [0.25, 0.3) is 0 Å². The molecular formula is C18H21NO2. The molecule has 3 rings (SSSR count). The second-order valence-corrected chi connectivity index (χ2v) is 5.67. The molecule has 0 radical (unpaired) electrons. The van der Waals surface area contributed by atoms with Crippen molar-refractivity contribution in [2.24, 2.45) is 0 Å². The standard InChI is InChI=1S/C18H21NO2/c1-9-7-13-14-8-10(2)18(21-6)12(4)16(14)19-15(13)11(3)17(9)20-5/h7-8,19H,1-6H3. The van der Waals surface area contributed by atoms with E-state index in [1.165, 1.54) is 10.8 Å². The van der Waals surface area contributed by atoms with E-state index in [1.807, 2.05) is 0 Å². The van der Waals surface area contributed by atoms with Crippen LogP contribution >= 0.6 is 0 Å². The molecule has 0 bridgehead atoms. The van der Waals surface area contributed by atoms with Crippen LogP contribution in [-0.2, 0) is 0 Å². The first-order chi connectivity index (χ1) is 9.99. The number of nitrogens with one attached hydrogen (secondary N) is 1. The molecule has 1 aromatic heterocycles. The van der Waals surface area contributed by atoms with Crippen molar-refractivity contribution >= 4 is 21.8 Å². The van der Waals surface area contributed by atoms with Crippen LogP contribution in [0.1, 0.15) is 22.3 Å². The molecule has 0 aliphatic rings. The lowest BCUT2D eigenvalue weighted by Crippen LogP contribution is -1.91. The molecule has 0 saturated carbocycles. The maximum absolute atomic E-state index is 5.53. The smallest absolute Gasteiger partial charge is 0.126 e. The van der Waals surface area contributed by atoms with Gasteiger partial charge in [0.15, 0.2) is 0 Å². The van der Waals surface area contributed by atoms with Crippen LogP contribution in [-0.4, -0.2) is 19.2 Å². The van der Waals surface area contributed by atoms with E-state index in [1.54, 1.807) is 14.2 Å². The first kappa shape index (κ1) is 13.8. The minimum Gasteiger partial charge on any atom is -0.496 e. The number of aromatic amines is 1. The number of benzene rings is 2. The topological polar surface area (TPSA) is 34.2 Å². The molecule has 0 aliphatic heterocycles. The first-order valence-corrected chi connectivity index (χ1v) is 7.13. The van der Waals surface area contributed by atoms with E-state index < -0.39 is 0 Å². The number of aryl methyl sites for hydroxylation is 4. The van der Waals surface area contributed by atoms with Gasteiger partial charge < -0.3 is 14.5 Å². The van der Waals surface area contributed by atoms with Gasteiger partial charge >= 0.3 is 0 Å². The van der Waals surface area contributed by atoms with Gasteiger partial charge in [-0.05, 0) is 51.0 Å². The average Bonchev–Trinajstić information content (AvgIpc) is 2.79. The zero-order chi connectivity index (χ0) is 15.3. The van der Waals surface area contributed by atoms with Crippen molar-refractivity contribution in [3.05, 3.63) is 34.4 Å². The van der Waals surface area contributed by atoms with Gasteiger partial charge in [-0.15, -0.1) is 0 Å². The number of H-pyrrole nitrogens is 1. The van der Waals surface area contributed by atoms with E-state index in [-0.39, 0.29) is 0 Å². The lowest BCUT2D eigenvalue weighted by Gasteiger charge is -2.10. The van der Waals surface area contributed by atoms with Crippen molar-refractivity contribution in [3.8, 4) is 11.5 Å². The van der Waals surface area contributed by atoms with Crippen LogP contribution in [0.3, 0.4) is 0 Å². The summed E-state index contributed by atoms with van der Waals surface area (Å²) in [5, 5.41) is 2.49. The van der Waals surface area contributed by atoms with Crippen LogP contribution in [0.2, 0.25) is 0 Å². The monoisotopic (exact) mass is 283 g/mol. The molecule has 0 fully saturated rings. The average molecular weight is 283 g/mol. The lowest BCUT2D eigenvalue weighted by molar-refractivity contribution is 0.409. The zero-order valence-corrected chi connectivity index (χ0v) is 13.5. The van der Waals surface area contributed by atoms with Crippen LogP contribution < -0.4 is 9.47 Å². The number of hydrogen-bond donors (Lipinski definition) is 1. The normalized spacial score (nSPS) is 11.3. The minimum atomic E-state index is 0.954. The maximum atomic E-state index is 5.53. The Balaban J connectivity index is 2.52. The molecule has 3 aromatic rings. The number of rotatable bonds is 2. The van der Waals surface area contributed by atoms with Gasteiger partial charge in [-0.2, -0.15) is 0 Å². The highest BCUT2D eigenvalue weighted by atomic mass is 16.5. The van der Waals surface area contributed by atoms with Crippen molar-refractivity contribution in [1.82, 2.24) is 4.98 Å². The van der Waals surface area contributed by atoms with E-state index in [0.717, 1.165) is 44.8 Å². The predicted octanol–water partition coefficient (Wildman–Crippen LogP) is 4.57. The second-order valence-electron chi connectivity index (χ2n) is 5.67. The van der Waals surface area contributed by atoms with Crippen LogP contribution in [0, 0.1) is 27.7 Å². The third-order valence-electron chi connectivity index (χ3n) is 4.36. The fraction of sp³-hybridized carbons (Fsp3) is 0.333. The number of ether oxygens (including phenoxy) is 2. The van der Waals surface area contributed by atoms with Crippen LogP contribution in [0.4, 0.5) is 0 Å². The summed E-state index contributed by atoms with van der Waals surface area (Å²) in [4.78, 5) is 3.56. The summed E-state index contributed by atoms with van der Waals surface area (Å²) in [6.07, 6.45) is 0. The van der Waals surface area contributed by atoms with Crippen LogP contribution in [0.25, 0.3) is 21.8 Å². The molecule has 21 heavy (non-hydrogen) atoms. The summed E-state index contributed by atoms with van der Waals surface area (Å²) in [6, 6.07) is 4.40. The summed E-state index contributed by atoms with van der Waals surface area (Å²) in [5.41, 5.74) is 6.91. The molecule has 0 saturated heterocycles. The Morgan fingerprint density at radius 3 is 1.43 bits per heavy atom. The third kappa shape index (κ3) is 1.80. The highest BCUT2D eigenvalue weighted by Gasteiger charge is 2.16. The van der Waals surface area contributed by atoms with Crippen LogP contribution in [0.5, 0.6) is 11.5 Å². The second kappa shape index (κ2) is 4.69. The quantitative estimate of drug-likeness (QED) is 0.747. The molecule has 0 unspecified atom stereocenters. The van der Waals surface area contributed by atoms with Gasteiger partial charge in [-0.25, -0.2) is 0 Å². The van der Waals surface area contributed by atoms with E-state index in [2.05, 4.69) is 44.8 Å². The Kier molecular flexibility index (Phi) is 3.08. The highest BCUT2D eigenvalue weighted by Crippen LogP contribution is 2.39. The highest BCUT2D eigenvalue weighted by molar-refractivity contribution is 6.11. The summed E-state index contributed by atoms with van der Waals surface area (Å²) in [5.74, 6) is 1.91. The SMILES string of the molecule is COc1c(C)cc2c([nH]c3c(C)c(OC)c(C)cc32)c1C. The van der Waals surface area contributed by atoms with E-state index in [0.29, 0.717) is 0 Å². The van der Waals surface area contributed by atoms with Crippen molar-refractivity contribution < 1.29 is 9.47 Å². The largest absolute Gasteiger partial charge is 0.496 e.